The first-order chi connectivity index (χ1) is 9.11. The summed E-state index contributed by atoms with van der Waals surface area (Å²) < 4.78 is 5.69. The number of rotatable bonds is 6. The summed E-state index contributed by atoms with van der Waals surface area (Å²) in [6, 6.07) is 7.64. The van der Waals surface area contributed by atoms with E-state index in [0.717, 1.165) is 18.4 Å². The van der Waals surface area contributed by atoms with Crippen LogP contribution in [0.25, 0.3) is 0 Å². The molecule has 4 heteroatoms. The van der Waals surface area contributed by atoms with Crippen molar-refractivity contribution in [2.45, 2.75) is 51.4 Å². The van der Waals surface area contributed by atoms with Gasteiger partial charge in [0.05, 0.1) is 6.10 Å². The number of hydrogen-bond donors (Lipinski definition) is 2. The summed E-state index contributed by atoms with van der Waals surface area (Å²) in [4.78, 5) is 11.8. The van der Waals surface area contributed by atoms with Crippen LogP contribution in [0.2, 0.25) is 0 Å². The third-order valence-corrected chi connectivity index (χ3v) is 3.26. The van der Waals surface area contributed by atoms with Crippen molar-refractivity contribution in [2.24, 2.45) is 0 Å². The van der Waals surface area contributed by atoms with E-state index in [9.17, 15) is 9.90 Å². The number of para-hydroxylation sites is 1. The molecule has 2 atom stereocenters. The number of nitrogens with one attached hydrogen (secondary N) is 1. The van der Waals surface area contributed by atoms with Crippen molar-refractivity contribution in [2.75, 3.05) is 0 Å². The standard InChI is InChI=1S/C15H21NO3/c1-3-13(17)12-6-4-5-7-14(12)19-10(2)15(18)16-11-8-9-11/h4-7,10-11,13,17H,3,8-9H2,1-2H3,(H,16,18)/t10?,13-/m1/s1. The minimum Gasteiger partial charge on any atom is -0.481 e. The van der Waals surface area contributed by atoms with Gasteiger partial charge in [0.25, 0.3) is 5.91 Å². The molecule has 1 fully saturated rings. The highest BCUT2D eigenvalue weighted by molar-refractivity contribution is 5.81. The largest absolute Gasteiger partial charge is 0.481 e. The summed E-state index contributed by atoms with van der Waals surface area (Å²) >= 11 is 0. The van der Waals surface area contributed by atoms with Crippen molar-refractivity contribution in [3.8, 4) is 5.75 Å². The number of carbonyl (C=O) groups excluding carboxylic acids is 1. The van der Waals surface area contributed by atoms with Crippen LogP contribution < -0.4 is 10.1 Å². The Labute approximate surface area is 113 Å². The van der Waals surface area contributed by atoms with Crippen LogP contribution in [0, 0.1) is 0 Å². The van der Waals surface area contributed by atoms with E-state index >= 15 is 0 Å². The maximum Gasteiger partial charge on any atom is 0.260 e. The minimum atomic E-state index is -0.560. The van der Waals surface area contributed by atoms with Gasteiger partial charge < -0.3 is 15.2 Å². The SMILES string of the molecule is CC[C@@H](O)c1ccccc1OC(C)C(=O)NC1CC1. The maximum atomic E-state index is 11.8. The molecule has 0 radical (unpaired) electrons. The van der Waals surface area contributed by atoms with Crippen molar-refractivity contribution in [3.63, 3.8) is 0 Å². The molecule has 0 aliphatic heterocycles. The molecule has 0 saturated heterocycles. The fourth-order valence-electron chi connectivity index (χ4n) is 1.87. The molecule has 1 aliphatic rings. The number of benzene rings is 1. The van der Waals surface area contributed by atoms with E-state index in [1.54, 1.807) is 13.0 Å². The molecular weight excluding hydrogens is 242 g/mol. The second-order valence-electron chi connectivity index (χ2n) is 5.00. The second kappa shape index (κ2) is 6.06. The van der Waals surface area contributed by atoms with Crippen LogP contribution in [0.1, 0.15) is 44.8 Å². The van der Waals surface area contributed by atoms with Gasteiger partial charge in [-0.15, -0.1) is 0 Å². The molecule has 4 nitrogen and oxygen atoms in total. The van der Waals surface area contributed by atoms with Gasteiger partial charge in [-0.2, -0.15) is 0 Å². The van der Waals surface area contributed by atoms with Crippen molar-refractivity contribution < 1.29 is 14.6 Å². The number of ether oxygens (including phenoxy) is 1. The lowest BCUT2D eigenvalue weighted by Crippen LogP contribution is -2.37. The lowest BCUT2D eigenvalue weighted by molar-refractivity contribution is -0.127. The van der Waals surface area contributed by atoms with Gasteiger partial charge >= 0.3 is 0 Å². The first kappa shape index (κ1) is 13.9. The third kappa shape index (κ3) is 3.70. The van der Waals surface area contributed by atoms with Crippen LogP contribution in [0.15, 0.2) is 24.3 Å². The van der Waals surface area contributed by atoms with Gasteiger partial charge in [-0.05, 0) is 32.3 Å². The third-order valence-electron chi connectivity index (χ3n) is 3.26. The molecule has 104 valence electrons. The van der Waals surface area contributed by atoms with E-state index in [0.29, 0.717) is 18.2 Å². The van der Waals surface area contributed by atoms with E-state index in [2.05, 4.69) is 5.32 Å². The van der Waals surface area contributed by atoms with Gasteiger partial charge in [0.2, 0.25) is 0 Å². The molecule has 2 N–H and O–H groups in total. The molecule has 1 aromatic rings. The van der Waals surface area contributed by atoms with Gasteiger partial charge in [-0.25, -0.2) is 0 Å². The molecule has 0 spiro atoms. The lowest BCUT2D eigenvalue weighted by Gasteiger charge is -2.19. The van der Waals surface area contributed by atoms with Gasteiger partial charge in [0.15, 0.2) is 6.10 Å². The Morgan fingerprint density at radius 3 is 2.79 bits per heavy atom. The van der Waals surface area contributed by atoms with Crippen LogP contribution in [0.3, 0.4) is 0 Å². The highest BCUT2D eigenvalue weighted by atomic mass is 16.5. The molecule has 1 amide bonds. The minimum absolute atomic E-state index is 0.0942. The first-order valence-electron chi connectivity index (χ1n) is 6.85. The number of carbonyl (C=O) groups is 1. The number of aliphatic hydroxyl groups excluding tert-OH is 1. The van der Waals surface area contributed by atoms with Crippen molar-refractivity contribution in [1.29, 1.82) is 0 Å². The van der Waals surface area contributed by atoms with Crippen LogP contribution in [0.5, 0.6) is 5.75 Å². The quantitative estimate of drug-likeness (QED) is 0.827. The number of aliphatic hydroxyl groups is 1. The average molecular weight is 263 g/mol. The highest BCUT2D eigenvalue weighted by Crippen LogP contribution is 2.28. The molecule has 1 aromatic carbocycles. The van der Waals surface area contributed by atoms with Gasteiger partial charge in [0, 0.05) is 11.6 Å². The monoisotopic (exact) mass is 263 g/mol. The Hall–Kier alpha value is -1.55. The van der Waals surface area contributed by atoms with Gasteiger partial charge in [-0.1, -0.05) is 25.1 Å². The summed E-state index contributed by atoms with van der Waals surface area (Å²) in [5, 5.41) is 12.8. The Bertz CT molecular complexity index is 443. The number of hydrogen-bond acceptors (Lipinski definition) is 3. The molecule has 0 aromatic heterocycles. The van der Waals surface area contributed by atoms with E-state index in [4.69, 9.17) is 4.74 Å². The zero-order valence-electron chi connectivity index (χ0n) is 11.4. The summed E-state index contributed by atoms with van der Waals surface area (Å²) in [5.41, 5.74) is 0.732. The summed E-state index contributed by atoms with van der Waals surface area (Å²) in [6.45, 7) is 3.64. The molecule has 1 unspecified atom stereocenters. The van der Waals surface area contributed by atoms with E-state index in [1.165, 1.54) is 0 Å². The molecule has 0 bridgehead atoms. The van der Waals surface area contributed by atoms with Crippen LogP contribution >= 0.6 is 0 Å². The maximum absolute atomic E-state index is 11.8. The first-order valence-corrected chi connectivity index (χ1v) is 6.85. The van der Waals surface area contributed by atoms with E-state index in [1.807, 2.05) is 25.1 Å². The van der Waals surface area contributed by atoms with Gasteiger partial charge in [-0.3, -0.25) is 4.79 Å². The predicted molar refractivity (Wildman–Crippen MR) is 72.9 cm³/mol. The van der Waals surface area contributed by atoms with Crippen molar-refractivity contribution in [3.05, 3.63) is 29.8 Å². The number of amides is 1. The van der Waals surface area contributed by atoms with Crippen LogP contribution in [0.4, 0.5) is 0 Å². The Morgan fingerprint density at radius 2 is 2.16 bits per heavy atom. The second-order valence-corrected chi connectivity index (χ2v) is 5.00. The molecule has 19 heavy (non-hydrogen) atoms. The molecular formula is C15H21NO3. The van der Waals surface area contributed by atoms with Crippen LogP contribution in [-0.2, 0) is 4.79 Å². The molecule has 0 heterocycles. The fraction of sp³-hybridized carbons (Fsp3) is 0.533. The van der Waals surface area contributed by atoms with Crippen molar-refractivity contribution >= 4 is 5.91 Å². The lowest BCUT2D eigenvalue weighted by atomic mass is 10.1. The smallest absolute Gasteiger partial charge is 0.260 e. The molecule has 1 saturated carbocycles. The summed E-state index contributed by atoms with van der Waals surface area (Å²) in [5.74, 6) is 0.485. The molecule has 2 rings (SSSR count). The zero-order chi connectivity index (χ0) is 13.8. The van der Waals surface area contributed by atoms with Crippen molar-refractivity contribution in [1.82, 2.24) is 5.32 Å². The topological polar surface area (TPSA) is 58.6 Å². The summed E-state index contributed by atoms with van der Waals surface area (Å²) in [7, 11) is 0. The Balaban J connectivity index is 2.02. The molecule has 1 aliphatic carbocycles. The van der Waals surface area contributed by atoms with E-state index in [-0.39, 0.29) is 5.91 Å². The normalized spacial score (nSPS) is 17.6. The zero-order valence-corrected chi connectivity index (χ0v) is 11.4. The Morgan fingerprint density at radius 1 is 1.47 bits per heavy atom. The summed E-state index contributed by atoms with van der Waals surface area (Å²) in [6.07, 6.45) is 1.62. The fourth-order valence-corrected chi connectivity index (χ4v) is 1.87. The van der Waals surface area contributed by atoms with Crippen LogP contribution in [-0.4, -0.2) is 23.2 Å². The average Bonchev–Trinajstić information content (AvgIpc) is 3.22. The predicted octanol–water partition coefficient (Wildman–Crippen LogP) is 2.18. The van der Waals surface area contributed by atoms with Gasteiger partial charge in [0.1, 0.15) is 5.75 Å². The van der Waals surface area contributed by atoms with E-state index < -0.39 is 12.2 Å². The Kier molecular flexibility index (Phi) is 4.43. The highest BCUT2D eigenvalue weighted by Gasteiger charge is 2.26.